The first-order chi connectivity index (χ1) is 13.7. The van der Waals surface area contributed by atoms with E-state index in [0.29, 0.717) is 22.7 Å². The number of piperazine rings is 1. The highest BCUT2D eigenvalue weighted by Crippen LogP contribution is 2.25. The standard InChI is InChI=1S/C19H21N7O2/c1-3-4-9-25-16-17(24-10-7-20-8-11-24)22-13-23-18(16)26(19(25)27)14-5-6-15(28-2)21-12-14/h5-6,12-13,20H,7-11H2,1-2H3. The zero-order valence-electron chi connectivity index (χ0n) is 15.8. The summed E-state index contributed by atoms with van der Waals surface area (Å²) < 4.78 is 8.30. The van der Waals surface area contributed by atoms with Crippen LogP contribution in [-0.2, 0) is 6.54 Å². The van der Waals surface area contributed by atoms with Crippen molar-refractivity contribution in [2.75, 3.05) is 38.2 Å². The average molecular weight is 379 g/mol. The topological polar surface area (TPSA) is 90.1 Å². The lowest BCUT2D eigenvalue weighted by atomic mass is 10.3. The van der Waals surface area contributed by atoms with Crippen LogP contribution >= 0.6 is 0 Å². The minimum Gasteiger partial charge on any atom is -0.481 e. The molecule has 0 unspecified atom stereocenters. The first-order valence-corrected chi connectivity index (χ1v) is 9.06. The largest absolute Gasteiger partial charge is 0.481 e. The molecule has 0 aliphatic carbocycles. The molecule has 3 aromatic heterocycles. The third-order valence-electron chi connectivity index (χ3n) is 4.71. The highest BCUT2D eigenvalue weighted by molar-refractivity contribution is 5.85. The van der Waals surface area contributed by atoms with E-state index in [1.807, 2.05) is 0 Å². The van der Waals surface area contributed by atoms with Crippen LogP contribution in [0.2, 0.25) is 0 Å². The lowest BCUT2D eigenvalue weighted by molar-refractivity contribution is 0.398. The predicted octanol–water partition coefficient (Wildman–Crippen LogP) is 0.419. The molecule has 4 rings (SSSR count). The Hall–Kier alpha value is -3.38. The van der Waals surface area contributed by atoms with Gasteiger partial charge in [-0.15, -0.1) is 5.92 Å². The maximum absolute atomic E-state index is 13.3. The van der Waals surface area contributed by atoms with E-state index in [1.54, 1.807) is 41.5 Å². The van der Waals surface area contributed by atoms with Crippen LogP contribution in [0.1, 0.15) is 6.92 Å². The van der Waals surface area contributed by atoms with Crippen LogP contribution in [0.5, 0.6) is 5.88 Å². The number of nitrogens with zero attached hydrogens (tertiary/aromatic N) is 6. The number of fused-ring (bicyclic) bond motifs is 1. The van der Waals surface area contributed by atoms with E-state index in [0.717, 1.165) is 32.0 Å². The van der Waals surface area contributed by atoms with Crippen molar-refractivity contribution in [2.45, 2.75) is 13.5 Å². The number of hydrogen-bond donors (Lipinski definition) is 1. The third-order valence-corrected chi connectivity index (χ3v) is 4.71. The highest BCUT2D eigenvalue weighted by atomic mass is 16.5. The van der Waals surface area contributed by atoms with Crippen LogP contribution in [0, 0.1) is 11.8 Å². The van der Waals surface area contributed by atoms with Crippen molar-refractivity contribution in [1.82, 2.24) is 29.4 Å². The first kappa shape index (κ1) is 18.0. The maximum atomic E-state index is 13.3. The molecule has 0 spiro atoms. The number of anilines is 1. The molecule has 9 nitrogen and oxygen atoms in total. The van der Waals surface area contributed by atoms with E-state index in [9.17, 15) is 4.79 Å². The number of aromatic nitrogens is 5. The fourth-order valence-corrected chi connectivity index (χ4v) is 3.34. The summed E-state index contributed by atoms with van der Waals surface area (Å²) in [6.45, 7) is 5.39. The Morgan fingerprint density at radius 2 is 2.04 bits per heavy atom. The van der Waals surface area contributed by atoms with Crippen LogP contribution in [0.15, 0.2) is 29.5 Å². The Morgan fingerprint density at radius 1 is 1.21 bits per heavy atom. The second-order valence-electron chi connectivity index (χ2n) is 6.30. The van der Waals surface area contributed by atoms with E-state index in [2.05, 4.69) is 37.0 Å². The fraction of sp³-hybridized carbons (Fsp3) is 0.368. The number of rotatable bonds is 4. The molecule has 0 atom stereocenters. The SMILES string of the molecule is CC#CCn1c(=O)n(-c2ccc(OC)nc2)c2ncnc(N3CCNCC3)c21. The van der Waals surface area contributed by atoms with Gasteiger partial charge in [0.25, 0.3) is 0 Å². The minimum absolute atomic E-state index is 0.221. The van der Waals surface area contributed by atoms with Crippen LogP contribution in [0.3, 0.4) is 0 Å². The molecule has 0 radical (unpaired) electrons. The first-order valence-electron chi connectivity index (χ1n) is 9.06. The molecule has 0 bridgehead atoms. The molecule has 1 aliphatic heterocycles. The average Bonchev–Trinajstić information content (AvgIpc) is 3.04. The van der Waals surface area contributed by atoms with Crippen LogP contribution in [-0.4, -0.2) is 57.4 Å². The van der Waals surface area contributed by atoms with Crippen molar-refractivity contribution < 1.29 is 4.74 Å². The van der Waals surface area contributed by atoms with Crippen molar-refractivity contribution in [3.8, 4) is 23.4 Å². The maximum Gasteiger partial charge on any atom is 0.335 e. The van der Waals surface area contributed by atoms with Crippen LogP contribution in [0.4, 0.5) is 5.82 Å². The van der Waals surface area contributed by atoms with Crippen LogP contribution in [0.25, 0.3) is 16.9 Å². The number of hydrogen-bond acceptors (Lipinski definition) is 7. The van der Waals surface area contributed by atoms with Gasteiger partial charge in [-0.05, 0) is 13.0 Å². The summed E-state index contributed by atoms with van der Waals surface area (Å²) in [5, 5.41) is 3.33. The Balaban J connectivity index is 1.96. The molecule has 1 saturated heterocycles. The molecule has 0 aromatic carbocycles. The number of imidazole rings is 1. The molecular weight excluding hydrogens is 358 g/mol. The molecule has 144 valence electrons. The van der Waals surface area contributed by atoms with Gasteiger partial charge in [0.15, 0.2) is 11.5 Å². The van der Waals surface area contributed by atoms with Gasteiger partial charge in [-0.2, -0.15) is 0 Å². The zero-order chi connectivity index (χ0) is 19.5. The fourth-order valence-electron chi connectivity index (χ4n) is 3.34. The van der Waals surface area contributed by atoms with E-state index in [1.165, 1.54) is 6.33 Å². The molecule has 4 heterocycles. The highest BCUT2D eigenvalue weighted by Gasteiger charge is 2.23. The molecule has 1 fully saturated rings. The van der Waals surface area contributed by atoms with Gasteiger partial charge in [0.2, 0.25) is 5.88 Å². The molecule has 1 aliphatic rings. The number of ether oxygens (including phenoxy) is 1. The van der Waals surface area contributed by atoms with E-state index >= 15 is 0 Å². The number of methoxy groups -OCH3 is 1. The van der Waals surface area contributed by atoms with Crippen LogP contribution < -0.4 is 20.6 Å². The molecule has 0 amide bonds. The lowest BCUT2D eigenvalue weighted by Crippen LogP contribution is -2.44. The van der Waals surface area contributed by atoms with E-state index in [-0.39, 0.29) is 12.2 Å². The monoisotopic (exact) mass is 379 g/mol. The third kappa shape index (κ3) is 3.08. The molecule has 0 saturated carbocycles. The van der Waals surface area contributed by atoms with Gasteiger partial charge in [0.1, 0.15) is 11.8 Å². The van der Waals surface area contributed by atoms with Gasteiger partial charge < -0.3 is 15.0 Å². The van der Waals surface area contributed by atoms with Crippen molar-refractivity contribution in [3.05, 3.63) is 35.1 Å². The van der Waals surface area contributed by atoms with Gasteiger partial charge in [-0.25, -0.2) is 24.3 Å². The van der Waals surface area contributed by atoms with Crippen molar-refractivity contribution >= 4 is 17.0 Å². The van der Waals surface area contributed by atoms with Crippen molar-refractivity contribution in [3.63, 3.8) is 0 Å². The Bertz CT molecular complexity index is 1100. The molecular formula is C19H21N7O2. The number of pyridine rings is 1. The molecule has 3 aromatic rings. The molecule has 1 N–H and O–H groups in total. The van der Waals surface area contributed by atoms with Gasteiger partial charge in [-0.3, -0.25) is 4.57 Å². The second-order valence-corrected chi connectivity index (χ2v) is 6.30. The van der Waals surface area contributed by atoms with Crippen molar-refractivity contribution in [2.24, 2.45) is 0 Å². The zero-order valence-corrected chi connectivity index (χ0v) is 15.8. The smallest absolute Gasteiger partial charge is 0.335 e. The lowest BCUT2D eigenvalue weighted by Gasteiger charge is -2.28. The van der Waals surface area contributed by atoms with Gasteiger partial charge in [0, 0.05) is 32.2 Å². The minimum atomic E-state index is -0.221. The predicted molar refractivity (Wildman–Crippen MR) is 106 cm³/mol. The van der Waals surface area contributed by atoms with Gasteiger partial charge >= 0.3 is 5.69 Å². The van der Waals surface area contributed by atoms with Gasteiger partial charge in [0.05, 0.1) is 25.5 Å². The summed E-state index contributed by atoms with van der Waals surface area (Å²) >= 11 is 0. The summed E-state index contributed by atoms with van der Waals surface area (Å²) in [6.07, 6.45) is 3.10. The number of nitrogens with one attached hydrogen (secondary N) is 1. The quantitative estimate of drug-likeness (QED) is 0.657. The van der Waals surface area contributed by atoms with Crippen molar-refractivity contribution in [1.29, 1.82) is 0 Å². The Morgan fingerprint density at radius 3 is 2.71 bits per heavy atom. The molecule has 9 heteroatoms. The normalized spacial score (nSPS) is 14.0. The summed E-state index contributed by atoms with van der Waals surface area (Å²) in [4.78, 5) is 28.6. The summed E-state index contributed by atoms with van der Waals surface area (Å²) in [6, 6.07) is 3.50. The second kappa shape index (κ2) is 7.70. The van der Waals surface area contributed by atoms with Gasteiger partial charge in [-0.1, -0.05) is 5.92 Å². The summed E-state index contributed by atoms with van der Waals surface area (Å²) in [7, 11) is 1.55. The van der Waals surface area contributed by atoms with E-state index < -0.39 is 0 Å². The summed E-state index contributed by atoms with van der Waals surface area (Å²) in [5.41, 5.74) is 1.62. The summed E-state index contributed by atoms with van der Waals surface area (Å²) in [5.74, 6) is 7.08. The van der Waals surface area contributed by atoms with E-state index in [4.69, 9.17) is 4.74 Å². The molecule has 28 heavy (non-hydrogen) atoms. The Kier molecular flexibility index (Phi) is 4.95. The Labute approximate surface area is 162 Å².